The van der Waals surface area contributed by atoms with E-state index in [1.165, 1.54) is 0 Å². The maximum Gasteiger partial charge on any atom is 0.186 e. The van der Waals surface area contributed by atoms with Crippen LogP contribution in [0.25, 0.3) is 11.2 Å². The van der Waals surface area contributed by atoms with Gasteiger partial charge in [0.15, 0.2) is 11.9 Å². The van der Waals surface area contributed by atoms with Crippen LogP contribution in [0.2, 0.25) is 0 Å². The number of ether oxygens (including phenoxy) is 2. The van der Waals surface area contributed by atoms with Crippen molar-refractivity contribution in [2.24, 2.45) is 0 Å². The van der Waals surface area contributed by atoms with Gasteiger partial charge in [-0.1, -0.05) is 0 Å². The minimum atomic E-state index is -0.390. The maximum atomic E-state index is 6.01. The number of hydrogen-bond donors (Lipinski definition) is 1. The summed E-state index contributed by atoms with van der Waals surface area (Å²) in [7, 11) is 0. The minimum Gasteiger partial charge on any atom is -0.339 e. The Hall–Kier alpha value is -1.46. The van der Waals surface area contributed by atoms with E-state index in [0.717, 1.165) is 22.6 Å². The fourth-order valence-electron chi connectivity index (χ4n) is 2.14. The van der Waals surface area contributed by atoms with E-state index in [-0.39, 0.29) is 17.5 Å². The number of aromatic amines is 1. The molecule has 1 aliphatic heterocycles. The van der Waals surface area contributed by atoms with Gasteiger partial charge in [0.1, 0.15) is 11.3 Å². The highest BCUT2D eigenvalue weighted by molar-refractivity contribution is 5.71. The van der Waals surface area contributed by atoms with Gasteiger partial charge in [-0.3, -0.25) is 0 Å². The first-order chi connectivity index (χ1) is 8.78. The van der Waals surface area contributed by atoms with Crippen LogP contribution in [0.15, 0.2) is 12.3 Å². The van der Waals surface area contributed by atoms with Crippen LogP contribution in [0.3, 0.4) is 0 Å². The number of aromatic nitrogens is 3. The third-order valence-electron chi connectivity index (χ3n) is 4.00. The summed E-state index contributed by atoms with van der Waals surface area (Å²) in [4.78, 5) is 11.9. The number of nitrogens with one attached hydrogen (secondary N) is 1. The lowest BCUT2D eigenvalue weighted by molar-refractivity contribution is -0.0896. The van der Waals surface area contributed by atoms with Gasteiger partial charge in [0.2, 0.25) is 0 Å². The Labute approximate surface area is 112 Å². The molecule has 1 N–H and O–H groups in total. The van der Waals surface area contributed by atoms with Crippen molar-refractivity contribution in [3.63, 3.8) is 0 Å². The van der Waals surface area contributed by atoms with E-state index in [4.69, 9.17) is 9.47 Å². The molecule has 1 saturated heterocycles. The third kappa shape index (κ3) is 1.93. The van der Waals surface area contributed by atoms with Crippen LogP contribution in [-0.4, -0.2) is 26.2 Å². The van der Waals surface area contributed by atoms with E-state index in [9.17, 15) is 0 Å². The Bertz CT molecular complexity index is 615. The second-order valence-corrected chi connectivity index (χ2v) is 6.05. The van der Waals surface area contributed by atoms with Crippen LogP contribution in [0.5, 0.6) is 0 Å². The molecule has 1 aliphatic rings. The van der Waals surface area contributed by atoms with E-state index in [1.807, 2.05) is 40.7 Å². The van der Waals surface area contributed by atoms with E-state index in [0.29, 0.717) is 0 Å². The van der Waals surface area contributed by atoms with Crippen LogP contribution >= 0.6 is 0 Å². The predicted molar refractivity (Wildman–Crippen MR) is 71.7 cm³/mol. The Morgan fingerprint density at radius 3 is 2.42 bits per heavy atom. The first-order valence-corrected chi connectivity index (χ1v) is 6.46. The number of aryl methyl sites for hydroxylation is 1. The molecule has 19 heavy (non-hydrogen) atoms. The standard InChI is InChI=1S/C14H19N3O2/c1-8-16-10-6-9(7-15-11(10)17-8)12-18-13(2,3)14(4,5)19-12/h6-7,12H,1-5H3,(H,15,16,17). The van der Waals surface area contributed by atoms with Crippen molar-refractivity contribution in [1.29, 1.82) is 0 Å². The summed E-state index contributed by atoms with van der Waals surface area (Å²) in [6.07, 6.45) is 1.39. The molecule has 3 rings (SSSR count). The summed E-state index contributed by atoms with van der Waals surface area (Å²) >= 11 is 0. The molecule has 5 heteroatoms. The monoisotopic (exact) mass is 261 g/mol. The number of rotatable bonds is 1. The Kier molecular flexibility index (Phi) is 2.50. The van der Waals surface area contributed by atoms with Crippen LogP contribution in [-0.2, 0) is 9.47 Å². The molecule has 0 atom stereocenters. The maximum absolute atomic E-state index is 6.01. The number of nitrogens with zero attached hydrogens (tertiary/aromatic N) is 2. The van der Waals surface area contributed by atoms with Crippen LogP contribution < -0.4 is 0 Å². The first kappa shape index (κ1) is 12.6. The third-order valence-corrected chi connectivity index (χ3v) is 4.00. The second-order valence-electron chi connectivity index (χ2n) is 6.05. The molecule has 2 aromatic heterocycles. The Morgan fingerprint density at radius 2 is 1.79 bits per heavy atom. The zero-order valence-corrected chi connectivity index (χ0v) is 11.9. The van der Waals surface area contributed by atoms with E-state index >= 15 is 0 Å². The lowest BCUT2D eigenvalue weighted by Gasteiger charge is -2.30. The largest absolute Gasteiger partial charge is 0.339 e. The number of pyridine rings is 1. The molecule has 0 amide bonds. The minimum absolute atomic E-state index is 0.339. The fraction of sp³-hybridized carbons (Fsp3) is 0.571. The SMILES string of the molecule is Cc1nc2cc(C3OC(C)(C)C(C)(C)O3)cnc2[nH]1. The molecule has 5 nitrogen and oxygen atoms in total. The van der Waals surface area contributed by atoms with Gasteiger partial charge in [-0.05, 0) is 40.7 Å². The lowest BCUT2D eigenvalue weighted by Crippen LogP contribution is -2.41. The zero-order valence-electron chi connectivity index (χ0n) is 11.9. The molecule has 102 valence electrons. The molecule has 0 unspecified atom stereocenters. The molecule has 0 spiro atoms. The Morgan fingerprint density at radius 1 is 1.16 bits per heavy atom. The zero-order chi connectivity index (χ0) is 13.8. The average Bonchev–Trinajstić information content (AvgIpc) is 2.74. The smallest absolute Gasteiger partial charge is 0.186 e. The highest BCUT2D eigenvalue weighted by Gasteiger charge is 2.49. The molecule has 3 heterocycles. The van der Waals surface area contributed by atoms with Gasteiger partial charge < -0.3 is 14.5 Å². The van der Waals surface area contributed by atoms with Gasteiger partial charge in [-0.25, -0.2) is 9.97 Å². The number of fused-ring (bicyclic) bond motifs is 1. The lowest BCUT2D eigenvalue weighted by atomic mass is 9.90. The first-order valence-electron chi connectivity index (χ1n) is 6.46. The molecular formula is C14H19N3O2. The van der Waals surface area contributed by atoms with Gasteiger partial charge in [0, 0.05) is 11.8 Å². The van der Waals surface area contributed by atoms with E-state index in [2.05, 4.69) is 15.0 Å². The average molecular weight is 261 g/mol. The van der Waals surface area contributed by atoms with Crippen molar-refractivity contribution in [3.05, 3.63) is 23.7 Å². The summed E-state index contributed by atoms with van der Waals surface area (Å²) in [5.74, 6) is 0.855. The van der Waals surface area contributed by atoms with Gasteiger partial charge in [-0.15, -0.1) is 0 Å². The topological polar surface area (TPSA) is 60.0 Å². The summed E-state index contributed by atoms with van der Waals surface area (Å²) in [6.45, 7) is 10.1. The van der Waals surface area contributed by atoms with E-state index < -0.39 is 0 Å². The number of hydrogen-bond acceptors (Lipinski definition) is 4. The summed E-state index contributed by atoms with van der Waals surface area (Å²) < 4.78 is 12.0. The molecule has 0 bridgehead atoms. The highest BCUT2D eigenvalue weighted by atomic mass is 16.7. The summed E-state index contributed by atoms with van der Waals surface area (Å²) in [6, 6.07) is 1.97. The van der Waals surface area contributed by atoms with Crippen molar-refractivity contribution in [1.82, 2.24) is 15.0 Å². The van der Waals surface area contributed by atoms with Gasteiger partial charge in [-0.2, -0.15) is 0 Å². The van der Waals surface area contributed by atoms with Crippen molar-refractivity contribution in [2.75, 3.05) is 0 Å². The summed E-state index contributed by atoms with van der Waals surface area (Å²) in [5, 5.41) is 0. The predicted octanol–water partition coefficient (Wildman–Crippen LogP) is 2.87. The van der Waals surface area contributed by atoms with Crippen molar-refractivity contribution in [2.45, 2.75) is 52.1 Å². The number of imidazole rings is 1. The van der Waals surface area contributed by atoms with Gasteiger partial charge in [0.05, 0.1) is 11.2 Å². The molecule has 0 saturated carbocycles. The summed E-state index contributed by atoms with van der Waals surface area (Å²) in [5.41, 5.74) is 1.85. The van der Waals surface area contributed by atoms with E-state index in [1.54, 1.807) is 6.20 Å². The molecule has 1 fully saturated rings. The molecule has 0 aliphatic carbocycles. The number of H-pyrrole nitrogens is 1. The molecular weight excluding hydrogens is 242 g/mol. The Balaban J connectivity index is 1.97. The van der Waals surface area contributed by atoms with Crippen LogP contribution in [0.4, 0.5) is 0 Å². The van der Waals surface area contributed by atoms with Crippen LogP contribution in [0, 0.1) is 6.92 Å². The quantitative estimate of drug-likeness (QED) is 0.857. The van der Waals surface area contributed by atoms with Crippen molar-refractivity contribution >= 4 is 11.2 Å². The second kappa shape index (κ2) is 3.77. The molecule has 2 aromatic rings. The highest BCUT2D eigenvalue weighted by Crippen LogP contribution is 2.44. The van der Waals surface area contributed by atoms with Crippen molar-refractivity contribution in [3.8, 4) is 0 Å². The van der Waals surface area contributed by atoms with Crippen molar-refractivity contribution < 1.29 is 9.47 Å². The molecule has 0 radical (unpaired) electrons. The van der Waals surface area contributed by atoms with Crippen LogP contribution in [0.1, 0.15) is 45.4 Å². The molecule has 0 aromatic carbocycles. The fourth-order valence-corrected chi connectivity index (χ4v) is 2.14. The van der Waals surface area contributed by atoms with Gasteiger partial charge in [0.25, 0.3) is 0 Å². The van der Waals surface area contributed by atoms with Gasteiger partial charge >= 0.3 is 0 Å². The normalized spacial score (nSPS) is 22.2.